The molecule has 0 aromatic carbocycles. The summed E-state index contributed by atoms with van der Waals surface area (Å²) in [6.45, 7) is 3.98. The SMILES string of the molecule is CC1CCN(C(=O)C2(c3cc(-c4ccco4)on3)CC2)CC1. The molecule has 2 aliphatic rings. The minimum atomic E-state index is -0.449. The summed E-state index contributed by atoms with van der Waals surface area (Å²) < 4.78 is 10.7. The molecule has 2 aromatic rings. The van der Waals surface area contributed by atoms with Crippen molar-refractivity contribution < 1.29 is 13.7 Å². The van der Waals surface area contributed by atoms with Crippen molar-refractivity contribution in [2.24, 2.45) is 5.92 Å². The Morgan fingerprint density at radius 2 is 2.09 bits per heavy atom. The molecule has 0 atom stereocenters. The van der Waals surface area contributed by atoms with E-state index in [0.29, 0.717) is 11.5 Å². The highest BCUT2D eigenvalue weighted by molar-refractivity contribution is 5.91. The van der Waals surface area contributed by atoms with Crippen LogP contribution >= 0.6 is 0 Å². The number of carbonyl (C=O) groups is 1. The third-order valence-corrected chi connectivity index (χ3v) is 4.99. The van der Waals surface area contributed by atoms with Gasteiger partial charge in [0.25, 0.3) is 0 Å². The van der Waals surface area contributed by atoms with E-state index in [2.05, 4.69) is 12.1 Å². The largest absolute Gasteiger partial charge is 0.461 e. The summed E-state index contributed by atoms with van der Waals surface area (Å²) in [5.41, 5.74) is 0.303. The maximum Gasteiger partial charge on any atom is 0.234 e. The molecule has 2 fully saturated rings. The fourth-order valence-electron chi connectivity index (χ4n) is 3.25. The first-order chi connectivity index (χ1) is 10.7. The van der Waals surface area contributed by atoms with Gasteiger partial charge in [0.15, 0.2) is 5.76 Å². The zero-order chi connectivity index (χ0) is 15.2. The summed E-state index contributed by atoms with van der Waals surface area (Å²) in [4.78, 5) is 14.9. The average Bonchev–Trinajstić information content (AvgIpc) is 2.96. The lowest BCUT2D eigenvalue weighted by atomic mass is 9.95. The van der Waals surface area contributed by atoms with Crippen LogP contribution in [0.3, 0.4) is 0 Å². The second-order valence-electron chi connectivity index (χ2n) is 6.61. The maximum atomic E-state index is 12.9. The number of nitrogens with zero attached hydrogens (tertiary/aromatic N) is 2. The van der Waals surface area contributed by atoms with Crippen molar-refractivity contribution in [2.75, 3.05) is 13.1 Å². The molecule has 1 aliphatic carbocycles. The molecule has 1 aliphatic heterocycles. The third kappa shape index (κ3) is 2.16. The van der Waals surface area contributed by atoms with E-state index in [1.165, 1.54) is 0 Å². The van der Waals surface area contributed by atoms with Crippen LogP contribution in [-0.2, 0) is 10.2 Å². The van der Waals surface area contributed by atoms with E-state index >= 15 is 0 Å². The van der Waals surface area contributed by atoms with Crippen LogP contribution in [0.1, 0.15) is 38.3 Å². The molecule has 4 rings (SSSR count). The molecule has 5 nitrogen and oxygen atoms in total. The summed E-state index contributed by atoms with van der Waals surface area (Å²) in [6, 6.07) is 5.50. The van der Waals surface area contributed by atoms with Gasteiger partial charge in [-0.1, -0.05) is 12.1 Å². The Balaban J connectivity index is 1.55. The van der Waals surface area contributed by atoms with Crippen LogP contribution in [0.25, 0.3) is 11.5 Å². The van der Waals surface area contributed by atoms with Gasteiger partial charge in [-0.25, -0.2) is 0 Å². The van der Waals surface area contributed by atoms with Crippen LogP contribution in [0.4, 0.5) is 0 Å². The Morgan fingerprint density at radius 3 is 2.73 bits per heavy atom. The summed E-state index contributed by atoms with van der Waals surface area (Å²) >= 11 is 0. The Morgan fingerprint density at radius 1 is 1.32 bits per heavy atom. The lowest BCUT2D eigenvalue weighted by Gasteiger charge is -2.32. The van der Waals surface area contributed by atoms with Gasteiger partial charge in [-0.05, 0) is 43.7 Å². The number of amides is 1. The minimum absolute atomic E-state index is 0.221. The van der Waals surface area contributed by atoms with Crippen LogP contribution in [0.2, 0.25) is 0 Å². The maximum absolute atomic E-state index is 12.9. The van der Waals surface area contributed by atoms with Crippen molar-refractivity contribution in [1.82, 2.24) is 10.1 Å². The van der Waals surface area contributed by atoms with E-state index in [1.807, 2.05) is 23.1 Å². The summed E-state index contributed by atoms with van der Waals surface area (Å²) in [6.07, 6.45) is 5.52. The van der Waals surface area contributed by atoms with Gasteiger partial charge in [-0.2, -0.15) is 0 Å². The van der Waals surface area contributed by atoms with Gasteiger partial charge in [0, 0.05) is 19.2 Å². The van der Waals surface area contributed by atoms with Crippen molar-refractivity contribution in [2.45, 2.75) is 38.0 Å². The molecule has 116 valence electrons. The summed E-state index contributed by atoms with van der Waals surface area (Å²) in [7, 11) is 0. The zero-order valence-corrected chi connectivity index (χ0v) is 12.7. The lowest BCUT2D eigenvalue weighted by Crippen LogP contribution is -2.43. The van der Waals surface area contributed by atoms with Gasteiger partial charge in [0.1, 0.15) is 0 Å². The molecule has 0 spiro atoms. The number of likely N-dealkylation sites (tertiary alicyclic amines) is 1. The molecule has 0 unspecified atom stereocenters. The smallest absolute Gasteiger partial charge is 0.234 e. The standard InChI is InChI=1S/C17H20N2O3/c1-12-4-8-19(9-5-12)16(20)17(6-7-17)15-11-14(22-18-15)13-3-2-10-21-13/h2-3,10-12H,4-9H2,1H3. The van der Waals surface area contributed by atoms with Crippen molar-refractivity contribution in [3.8, 4) is 11.5 Å². The molecule has 1 saturated carbocycles. The normalized spacial score (nSPS) is 21.0. The molecular weight excluding hydrogens is 280 g/mol. The van der Waals surface area contributed by atoms with Crippen LogP contribution in [0.5, 0.6) is 0 Å². The van der Waals surface area contributed by atoms with Crippen molar-refractivity contribution >= 4 is 5.91 Å². The monoisotopic (exact) mass is 300 g/mol. The predicted octanol–water partition coefficient (Wildman–Crippen LogP) is 3.22. The number of rotatable bonds is 3. The molecule has 3 heterocycles. The van der Waals surface area contributed by atoms with E-state index in [-0.39, 0.29) is 5.91 Å². The van der Waals surface area contributed by atoms with E-state index in [1.54, 1.807) is 6.26 Å². The van der Waals surface area contributed by atoms with Gasteiger partial charge >= 0.3 is 0 Å². The van der Waals surface area contributed by atoms with Crippen LogP contribution in [0.15, 0.2) is 33.4 Å². The quantitative estimate of drug-likeness (QED) is 0.873. The van der Waals surface area contributed by atoms with Crippen LogP contribution in [0, 0.1) is 5.92 Å². The van der Waals surface area contributed by atoms with Gasteiger partial charge in [0.05, 0.1) is 17.4 Å². The Labute approximate surface area is 129 Å². The minimum Gasteiger partial charge on any atom is -0.461 e. The molecular formula is C17H20N2O3. The molecule has 1 saturated heterocycles. The Bertz CT molecular complexity index is 662. The van der Waals surface area contributed by atoms with E-state index < -0.39 is 5.41 Å². The highest BCUT2D eigenvalue weighted by Gasteiger charge is 2.55. The number of carbonyl (C=O) groups excluding carboxylic acids is 1. The molecule has 2 aromatic heterocycles. The van der Waals surface area contributed by atoms with Crippen molar-refractivity contribution in [3.63, 3.8) is 0 Å². The molecule has 0 N–H and O–H groups in total. The number of furan rings is 1. The van der Waals surface area contributed by atoms with Crippen LogP contribution < -0.4 is 0 Å². The van der Waals surface area contributed by atoms with E-state index in [0.717, 1.165) is 50.4 Å². The average molecular weight is 300 g/mol. The van der Waals surface area contributed by atoms with Crippen LogP contribution in [-0.4, -0.2) is 29.1 Å². The summed E-state index contributed by atoms with van der Waals surface area (Å²) in [5, 5.41) is 4.15. The topological polar surface area (TPSA) is 59.5 Å². The summed E-state index contributed by atoms with van der Waals surface area (Å²) in [5.74, 6) is 2.18. The number of aromatic nitrogens is 1. The molecule has 22 heavy (non-hydrogen) atoms. The number of piperidine rings is 1. The molecule has 0 radical (unpaired) electrons. The van der Waals surface area contributed by atoms with Gasteiger partial charge < -0.3 is 13.8 Å². The van der Waals surface area contributed by atoms with Gasteiger partial charge in [-0.15, -0.1) is 0 Å². The number of hydrogen-bond donors (Lipinski definition) is 0. The van der Waals surface area contributed by atoms with Gasteiger partial charge in [-0.3, -0.25) is 4.79 Å². The Hall–Kier alpha value is -2.04. The fourth-order valence-corrected chi connectivity index (χ4v) is 3.25. The second kappa shape index (κ2) is 5.00. The van der Waals surface area contributed by atoms with Crippen molar-refractivity contribution in [1.29, 1.82) is 0 Å². The first kappa shape index (κ1) is 13.6. The fraction of sp³-hybridized carbons (Fsp3) is 0.529. The number of hydrogen-bond acceptors (Lipinski definition) is 4. The predicted molar refractivity (Wildman–Crippen MR) is 80.1 cm³/mol. The highest BCUT2D eigenvalue weighted by atomic mass is 16.5. The molecule has 1 amide bonds. The van der Waals surface area contributed by atoms with E-state index in [9.17, 15) is 4.79 Å². The first-order valence-corrected chi connectivity index (χ1v) is 7.99. The van der Waals surface area contributed by atoms with E-state index in [4.69, 9.17) is 8.94 Å². The molecule has 5 heteroatoms. The van der Waals surface area contributed by atoms with Gasteiger partial charge in [0.2, 0.25) is 11.7 Å². The lowest BCUT2D eigenvalue weighted by molar-refractivity contribution is -0.135. The highest BCUT2D eigenvalue weighted by Crippen LogP contribution is 2.50. The second-order valence-corrected chi connectivity index (χ2v) is 6.61. The first-order valence-electron chi connectivity index (χ1n) is 7.99. The third-order valence-electron chi connectivity index (χ3n) is 4.99. The zero-order valence-electron chi connectivity index (χ0n) is 12.7. The Kier molecular flexibility index (Phi) is 3.10. The van der Waals surface area contributed by atoms with Crippen molar-refractivity contribution in [3.05, 3.63) is 30.2 Å². The molecule has 0 bridgehead atoms.